The number of nitrogens with one attached hydrogen (secondary N) is 1. The van der Waals surface area contributed by atoms with E-state index in [2.05, 4.69) is 92.8 Å². The highest BCUT2D eigenvalue weighted by atomic mass is 28.2. The van der Waals surface area contributed by atoms with Gasteiger partial charge in [-0.3, -0.25) is 0 Å². The maximum Gasteiger partial charge on any atom is 0.224 e. The highest BCUT2D eigenvalue weighted by molar-refractivity contribution is 6.31. The van der Waals surface area contributed by atoms with Crippen LogP contribution >= 0.6 is 0 Å². The maximum absolute atomic E-state index is 6.49. The Hall–Kier alpha value is -1.85. The molecule has 1 N–H and O–H groups in total. The molecule has 0 fully saturated rings. The fourth-order valence-corrected chi connectivity index (χ4v) is 4.85. The predicted molar refractivity (Wildman–Crippen MR) is 136 cm³/mol. The van der Waals surface area contributed by atoms with Crippen molar-refractivity contribution in [3.8, 4) is 11.6 Å². The fourth-order valence-electron chi connectivity index (χ4n) is 3.84. The lowest BCUT2D eigenvalue weighted by molar-refractivity contribution is 0.0859. The Bertz CT molecular complexity index is 893. The summed E-state index contributed by atoms with van der Waals surface area (Å²) in [5, 5.41) is 4.02. The zero-order valence-corrected chi connectivity index (χ0v) is 22.9. The van der Waals surface area contributed by atoms with E-state index >= 15 is 0 Å². The smallest absolute Gasteiger partial charge is 0.224 e. The van der Waals surface area contributed by atoms with Gasteiger partial charge in [0.1, 0.15) is 5.75 Å². The number of hydrogen-bond donors (Lipinski definition) is 1. The third-order valence-electron chi connectivity index (χ3n) is 5.61. The Kier molecular flexibility index (Phi) is 7.98. The van der Waals surface area contributed by atoms with E-state index in [1.165, 1.54) is 5.56 Å². The highest BCUT2D eigenvalue weighted by Gasteiger charge is 2.31. The second-order valence-corrected chi connectivity index (χ2v) is 13.3. The lowest BCUT2D eigenvalue weighted by Gasteiger charge is -2.38. The molecule has 1 aromatic heterocycles. The van der Waals surface area contributed by atoms with Crippen molar-refractivity contribution in [1.29, 1.82) is 0 Å². The summed E-state index contributed by atoms with van der Waals surface area (Å²) >= 11 is 0. The number of rotatable bonds is 8. The molecule has 0 bridgehead atoms. The van der Waals surface area contributed by atoms with Crippen molar-refractivity contribution >= 4 is 15.5 Å². The van der Waals surface area contributed by atoms with Gasteiger partial charge >= 0.3 is 0 Å². The first-order valence-electron chi connectivity index (χ1n) is 11.4. The van der Waals surface area contributed by atoms with Gasteiger partial charge in [0, 0.05) is 16.9 Å². The molecule has 0 aliphatic carbocycles. The molecule has 172 valence electrons. The monoisotopic (exact) mass is 442 g/mol. The highest BCUT2D eigenvalue weighted by Crippen LogP contribution is 2.35. The number of benzene rings is 1. The standard InChI is InChI=1S/C26H42N2O2Si/c1-12-22(26(10,11)30-31-25(7,8)9)28-21-15-19(5)27-24(20(21)6)29-23-17(3)13-16(2)14-18(23)4/h13-15,22H,12,31H2,1-11H3,(H,27,28). The van der Waals surface area contributed by atoms with E-state index in [4.69, 9.17) is 14.1 Å². The largest absolute Gasteiger partial charge is 0.438 e. The first kappa shape index (κ1) is 25.4. The molecule has 1 unspecified atom stereocenters. The number of anilines is 1. The first-order chi connectivity index (χ1) is 14.2. The van der Waals surface area contributed by atoms with Crippen LogP contribution < -0.4 is 10.1 Å². The maximum atomic E-state index is 6.49. The molecule has 0 saturated heterocycles. The lowest BCUT2D eigenvalue weighted by atomic mass is 9.96. The van der Waals surface area contributed by atoms with E-state index in [0.717, 1.165) is 40.2 Å². The second kappa shape index (κ2) is 9.74. The Morgan fingerprint density at radius 3 is 2.06 bits per heavy atom. The molecule has 1 atom stereocenters. The van der Waals surface area contributed by atoms with E-state index in [9.17, 15) is 0 Å². The van der Waals surface area contributed by atoms with Crippen molar-refractivity contribution in [3.05, 3.63) is 46.1 Å². The molecule has 31 heavy (non-hydrogen) atoms. The minimum absolute atomic E-state index is 0.193. The quantitative estimate of drug-likeness (QED) is 0.462. The van der Waals surface area contributed by atoms with Crippen molar-refractivity contribution in [3.63, 3.8) is 0 Å². The molecule has 0 saturated carbocycles. The number of ether oxygens (including phenoxy) is 1. The molecular formula is C26H42N2O2Si. The van der Waals surface area contributed by atoms with Crippen molar-refractivity contribution in [2.45, 2.75) is 99.3 Å². The Morgan fingerprint density at radius 1 is 0.968 bits per heavy atom. The average Bonchev–Trinajstić information content (AvgIpc) is 2.63. The van der Waals surface area contributed by atoms with Crippen LogP contribution in [0.3, 0.4) is 0 Å². The van der Waals surface area contributed by atoms with Crippen LogP contribution in [0, 0.1) is 34.6 Å². The summed E-state index contributed by atoms with van der Waals surface area (Å²) in [5.74, 6) is 1.56. The van der Waals surface area contributed by atoms with E-state index in [-0.39, 0.29) is 16.7 Å². The zero-order valence-electron chi connectivity index (χ0n) is 21.5. The van der Waals surface area contributed by atoms with Crippen LogP contribution in [0.5, 0.6) is 11.6 Å². The third kappa shape index (κ3) is 6.81. The van der Waals surface area contributed by atoms with Crippen molar-refractivity contribution in [1.82, 2.24) is 4.98 Å². The van der Waals surface area contributed by atoms with Gasteiger partial charge in [0.25, 0.3) is 0 Å². The minimum atomic E-state index is -0.650. The summed E-state index contributed by atoms with van der Waals surface area (Å²) < 4.78 is 12.9. The molecule has 4 nitrogen and oxygen atoms in total. The molecule has 0 spiro atoms. The van der Waals surface area contributed by atoms with Crippen LogP contribution in [-0.4, -0.2) is 26.4 Å². The van der Waals surface area contributed by atoms with Gasteiger partial charge in [0.15, 0.2) is 9.76 Å². The summed E-state index contributed by atoms with van der Waals surface area (Å²) in [7, 11) is -0.650. The molecule has 0 aliphatic rings. The summed E-state index contributed by atoms with van der Waals surface area (Å²) in [4.78, 5) is 4.71. The molecule has 1 heterocycles. The summed E-state index contributed by atoms with van der Waals surface area (Å²) in [6.07, 6.45) is 0.971. The molecule has 2 aromatic rings. The Morgan fingerprint density at radius 2 is 1.55 bits per heavy atom. The number of aromatic nitrogens is 1. The molecule has 0 amide bonds. The van der Waals surface area contributed by atoms with E-state index in [0.29, 0.717) is 5.88 Å². The van der Waals surface area contributed by atoms with Crippen molar-refractivity contribution < 1.29 is 9.16 Å². The van der Waals surface area contributed by atoms with Gasteiger partial charge in [0.05, 0.1) is 11.6 Å². The second-order valence-electron chi connectivity index (χ2n) is 10.6. The van der Waals surface area contributed by atoms with E-state index in [1.807, 2.05) is 6.92 Å². The van der Waals surface area contributed by atoms with Gasteiger partial charge in [-0.25, -0.2) is 4.98 Å². The van der Waals surface area contributed by atoms with Crippen LogP contribution in [0.4, 0.5) is 5.69 Å². The van der Waals surface area contributed by atoms with Gasteiger partial charge in [0.2, 0.25) is 5.88 Å². The van der Waals surface area contributed by atoms with Gasteiger partial charge in [-0.15, -0.1) is 0 Å². The van der Waals surface area contributed by atoms with Crippen LogP contribution in [0.15, 0.2) is 18.2 Å². The van der Waals surface area contributed by atoms with Gasteiger partial charge in [-0.2, -0.15) is 0 Å². The third-order valence-corrected chi connectivity index (χ3v) is 7.37. The lowest BCUT2D eigenvalue weighted by Crippen LogP contribution is -2.45. The molecular weight excluding hydrogens is 400 g/mol. The van der Waals surface area contributed by atoms with Crippen LogP contribution in [-0.2, 0) is 4.43 Å². The van der Waals surface area contributed by atoms with Crippen LogP contribution in [0.25, 0.3) is 0 Å². The molecule has 2 rings (SSSR count). The zero-order chi connectivity index (χ0) is 23.6. The number of aryl methyl sites for hydroxylation is 4. The average molecular weight is 443 g/mol. The normalized spacial score (nSPS) is 13.6. The minimum Gasteiger partial charge on any atom is -0.438 e. The SMILES string of the molecule is CCC(Nc1cc(C)nc(Oc2c(C)cc(C)cc2C)c1C)C(C)(C)O[SiH2]C(C)(C)C. The van der Waals surface area contributed by atoms with E-state index in [1.54, 1.807) is 0 Å². The number of pyridine rings is 1. The van der Waals surface area contributed by atoms with Gasteiger partial charge in [-0.1, -0.05) is 45.4 Å². The number of hydrogen-bond acceptors (Lipinski definition) is 4. The molecule has 0 aliphatic heterocycles. The van der Waals surface area contributed by atoms with Crippen molar-refractivity contribution in [2.75, 3.05) is 5.32 Å². The summed E-state index contributed by atoms with van der Waals surface area (Å²) in [6.45, 7) is 23.8. The van der Waals surface area contributed by atoms with Crippen molar-refractivity contribution in [2.24, 2.45) is 0 Å². The summed E-state index contributed by atoms with van der Waals surface area (Å²) in [6, 6.07) is 6.60. The first-order valence-corrected chi connectivity index (χ1v) is 12.7. The Labute approximate surface area is 192 Å². The van der Waals surface area contributed by atoms with Crippen LogP contribution in [0.1, 0.15) is 75.9 Å². The number of nitrogens with zero attached hydrogens (tertiary/aromatic N) is 1. The van der Waals surface area contributed by atoms with Gasteiger partial charge < -0.3 is 14.5 Å². The van der Waals surface area contributed by atoms with Gasteiger partial charge in [-0.05, 0) is 77.1 Å². The van der Waals surface area contributed by atoms with E-state index < -0.39 is 9.76 Å². The fraction of sp³-hybridized carbons (Fsp3) is 0.577. The Balaban J connectivity index is 2.33. The molecule has 0 radical (unpaired) electrons. The topological polar surface area (TPSA) is 43.4 Å². The molecule has 1 aromatic carbocycles. The predicted octanol–water partition coefficient (Wildman–Crippen LogP) is 6.70. The summed E-state index contributed by atoms with van der Waals surface area (Å²) in [5.41, 5.74) is 6.26. The van der Waals surface area contributed by atoms with Crippen LogP contribution in [0.2, 0.25) is 5.04 Å². The molecule has 5 heteroatoms.